The molecular formula is C16H25NO2. The Bertz CT molecular complexity index is 351. The first-order valence-corrected chi connectivity index (χ1v) is 7.18. The van der Waals surface area contributed by atoms with E-state index in [0.29, 0.717) is 13.2 Å². The van der Waals surface area contributed by atoms with Gasteiger partial charge in [-0.1, -0.05) is 37.3 Å². The number of rotatable bonds is 9. The van der Waals surface area contributed by atoms with Gasteiger partial charge in [0.25, 0.3) is 0 Å². The Morgan fingerprint density at radius 3 is 2.53 bits per heavy atom. The van der Waals surface area contributed by atoms with E-state index in [1.165, 1.54) is 5.56 Å². The Hall–Kier alpha value is -1.35. The third-order valence-corrected chi connectivity index (χ3v) is 3.14. The molecule has 0 N–H and O–H groups in total. The van der Waals surface area contributed by atoms with Crippen LogP contribution in [0.3, 0.4) is 0 Å². The highest BCUT2D eigenvalue weighted by Gasteiger charge is 2.08. The van der Waals surface area contributed by atoms with Crippen molar-refractivity contribution < 1.29 is 9.53 Å². The molecule has 0 unspecified atom stereocenters. The molecular weight excluding hydrogens is 238 g/mol. The molecule has 0 aromatic heterocycles. The molecule has 0 bridgehead atoms. The maximum atomic E-state index is 11.4. The molecule has 0 amide bonds. The van der Waals surface area contributed by atoms with Crippen LogP contribution in [0.2, 0.25) is 0 Å². The molecule has 0 saturated heterocycles. The second-order valence-corrected chi connectivity index (χ2v) is 4.62. The molecule has 0 aliphatic rings. The summed E-state index contributed by atoms with van der Waals surface area (Å²) in [6.45, 7) is 6.65. The number of carbonyl (C=O) groups is 1. The largest absolute Gasteiger partial charge is 0.465 e. The summed E-state index contributed by atoms with van der Waals surface area (Å²) in [5.41, 5.74) is 1.39. The molecule has 1 aromatic carbocycles. The summed E-state index contributed by atoms with van der Waals surface area (Å²) in [6.07, 6.45) is 3.38. The minimum atomic E-state index is -0.118. The second kappa shape index (κ2) is 9.56. The molecule has 1 aromatic rings. The van der Waals surface area contributed by atoms with E-state index in [0.717, 1.165) is 32.4 Å². The number of hydrogen-bond donors (Lipinski definition) is 0. The minimum Gasteiger partial charge on any atom is -0.465 e. The van der Waals surface area contributed by atoms with E-state index in [9.17, 15) is 4.79 Å². The predicted molar refractivity (Wildman–Crippen MR) is 78.1 cm³/mol. The van der Waals surface area contributed by atoms with E-state index >= 15 is 0 Å². The fraction of sp³-hybridized carbons (Fsp3) is 0.562. The first kappa shape index (κ1) is 15.7. The van der Waals surface area contributed by atoms with Gasteiger partial charge >= 0.3 is 5.97 Å². The van der Waals surface area contributed by atoms with Crippen molar-refractivity contribution in [3.05, 3.63) is 35.9 Å². The summed E-state index contributed by atoms with van der Waals surface area (Å²) in [7, 11) is 0. The molecule has 0 atom stereocenters. The van der Waals surface area contributed by atoms with Gasteiger partial charge in [-0.3, -0.25) is 9.69 Å². The van der Waals surface area contributed by atoms with Crippen LogP contribution in [0.4, 0.5) is 0 Å². The standard InChI is InChI=1S/C16H25NO2/c1-3-17(14-16(18)19-4-2)13-9-8-12-15-10-6-5-7-11-15/h5-7,10-11H,3-4,8-9,12-14H2,1-2H3. The minimum absolute atomic E-state index is 0.118. The van der Waals surface area contributed by atoms with E-state index in [1.54, 1.807) is 0 Å². The summed E-state index contributed by atoms with van der Waals surface area (Å²) in [5.74, 6) is -0.118. The highest BCUT2D eigenvalue weighted by atomic mass is 16.5. The zero-order valence-corrected chi connectivity index (χ0v) is 12.1. The smallest absolute Gasteiger partial charge is 0.320 e. The van der Waals surface area contributed by atoms with Gasteiger partial charge in [-0.15, -0.1) is 0 Å². The molecule has 0 aliphatic carbocycles. The van der Waals surface area contributed by atoms with Crippen LogP contribution in [0.1, 0.15) is 32.3 Å². The van der Waals surface area contributed by atoms with Crippen molar-refractivity contribution in [2.45, 2.75) is 33.1 Å². The third-order valence-electron chi connectivity index (χ3n) is 3.14. The van der Waals surface area contributed by atoms with E-state index in [2.05, 4.69) is 36.1 Å². The van der Waals surface area contributed by atoms with Gasteiger partial charge in [0.15, 0.2) is 0 Å². The maximum Gasteiger partial charge on any atom is 0.320 e. The zero-order chi connectivity index (χ0) is 13.9. The van der Waals surface area contributed by atoms with Crippen LogP contribution in [-0.2, 0) is 16.0 Å². The molecule has 0 radical (unpaired) electrons. The normalized spacial score (nSPS) is 10.7. The van der Waals surface area contributed by atoms with Gasteiger partial charge in [-0.25, -0.2) is 0 Å². The molecule has 0 spiro atoms. The van der Waals surface area contributed by atoms with Crippen LogP contribution < -0.4 is 0 Å². The van der Waals surface area contributed by atoms with E-state index in [4.69, 9.17) is 4.74 Å². The van der Waals surface area contributed by atoms with E-state index < -0.39 is 0 Å². The molecule has 0 aliphatic heterocycles. The van der Waals surface area contributed by atoms with Crippen LogP contribution in [-0.4, -0.2) is 37.1 Å². The molecule has 3 nitrogen and oxygen atoms in total. The fourth-order valence-corrected chi connectivity index (χ4v) is 2.05. The molecule has 0 saturated carbocycles. The second-order valence-electron chi connectivity index (χ2n) is 4.62. The molecule has 106 valence electrons. The number of aryl methyl sites for hydroxylation is 1. The quantitative estimate of drug-likeness (QED) is 0.507. The van der Waals surface area contributed by atoms with Crippen LogP contribution >= 0.6 is 0 Å². The summed E-state index contributed by atoms with van der Waals surface area (Å²) < 4.78 is 4.97. The molecule has 19 heavy (non-hydrogen) atoms. The third kappa shape index (κ3) is 6.97. The number of carbonyl (C=O) groups excluding carboxylic acids is 1. The number of esters is 1. The van der Waals surface area contributed by atoms with Crippen LogP contribution in [0.5, 0.6) is 0 Å². The first-order chi connectivity index (χ1) is 9.26. The van der Waals surface area contributed by atoms with E-state index in [-0.39, 0.29) is 5.97 Å². The number of likely N-dealkylation sites (N-methyl/N-ethyl adjacent to an activating group) is 1. The lowest BCUT2D eigenvalue weighted by molar-refractivity contribution is -0.144. The van der Waals surface area contributed by atoms with E-state index in [1.807, 2.05) is 13.0 Å². The topological polar surface area (TPSA) is 29.5 Å². The summed E-state index contributed by atoms with van der Waals surface area (Å²) in [6, 6.07) is 10.5. The van der Waals surface area contributed by atoms with Gasteiger partial charge in [-0.2, -0.15) is 0 Å². The summed E-state index contributed by atoms with van der Waals surface area (Å²) >= 11 is 0. The number of nitrogens with zero attached hydrogens (tertiary/aromatic N) is 1. The molecule has 1 rings (SSSR count). The molecule has 3 heteroatoms. The Balaban J connectivity index is 2.17. The van der Waals surface area contributed by atoms with Crippen molar-refractivity contribution in [3.63, 3.8) is 0 Å². The molecule has 0 heterocycles. The van der Waals surface area contributed by atoms with Crippen LogP contribution in [0.15, 0.2) is 30.3 Å². The van der Waals surface area contributed by atoms with Crippen molar-refractivity contribution in [2.24, 2.45) is 0 Å². The first-order valence-electron chi connectivity index (χ1n) is 7.18. The SMILES string of the molecule is CCOC(=O)CN(CC)CCCCc1ccccc1. The average Bonchev–Trinajstić information content (AvgIpc) is 2.43. The maximum absolute atomic E-state index is 11.4. The Morgan fingerprint density at radius 2 is 1.89 bits per heavy atom. The van der Waals surface area contributed by atoms with Crippen LogP contribution in [0.25, 0.3) is 0 Å². The highest BCUT2D eigenvalue weighted by molar-refractivity contribution is 5.71. The lowest BCUT2D eigenvalue weighted by Gasteiger charge is -2.18. The number of unbranched alkanes of at least 4 members (excludes halogenated alkanes) is 1. The molecule has 0 fully saturated rings. The van der Waals surface area contributed by atoms with Gasteiger partial charge in [0.1, 0.15) is 0 Å². The number of ether oxygens (including phenoxy) is 1. The van der Waals surface area contributed by atoms with Crippen molar-refractivity contribution in [2.75, 3.05) is 26.2 Å². The predicted octanol–water partition coefficient (Wildman–Crippen LogP) is 2.89. The van der Waals surface area contributed by atoms with Gasteiger partial charge in [0, 0.05) is 0 Å². The average molecular weight is 263 g/mol. The van der Waals surface area contributed by atoms with Gasteiger partial charge in [0.2, 0.25) is 0 Å². The Morgan fingerprint density at radius 1 is 1.16 bits per heavy atom. The van der Waals surface area contributed by atoms with Crippen LogP contribution in [0, 0.1) is 0 Å². The van der Waals surface area contributed by atoms with Gasteiger partial charge < -0.3 is 4.74 Å². The summed E-state index contributed by atoms with van der Waals surface area (Å²) in [4.78, 5) is 13.5. The number of benzene rings is 1. The van der Waals surface area contributed by atoms with Crippen molar-refractivity contribution in [1.29, 1.82) is 0 Å². The zero-order valence-electron chi connectivity index (χ0n) is 12.1. The monoisotopic (exact) mass is 263 g/mol. The lowest BCUT2D eigenvalue weighted by Crippen LogP contribution is -2.31. The van der Waals surface area contributed by atoms with Crippen molar-refractivity contribution in [3.8, 4) is 0 Å². The fourth-order valence-electron chi connectivity index (χ4n) is 2.05. The number of hydrogen-bond acceptors (Lipinski definition) is 3. The highest BCUT2D eigenvalue weighted by Crippen LogP contribution is 2.05. The van der Waals surface area contributed by atoms with Crippen molar-refractivity contribution >= 4 is 5.97 Å². The summed E-state index contributed by atoms with van der Waals surface area (Å²) in [5, 5.41) is 0. The Labute approximate surface area is 116 Å². The van der Waals surface area contributed by atoms with Gasteiger partial charge in [-0.05, 0) is 44.8 Å². The Kier molecular flexibility index (Phi) is 7.91. The van der Waals surface area contributed by atoms with Crippen molar-refractivity contribution in [1.82, 2.24) is 4.90 Å². The lowest BCUT2D eigenvalue weighted by atomic mass is 10.1. The van der Waals surface area contributed by atoms with Gasteiger partial charge in [0.05, 0.1) is 13.2 Å².